The van der Waals surface area contributed by atoms with E-state index in [4.69, 9.17) is 9.47 Å². The zero-order valence-corrected chi connectivity index (χ0v) is 14.0. The maximum absolute atomic E-state index is 14.6. The number of carbonyl (C=O) groups is 1. The summed E-state index contributed by atoms with van der Waals surface area (Å²) in [6.07, 6.45) is 0.0126. The second-order valence-electron chi connectivity index (χ2n) is 6.38. The zero-order valence-electron chi connectivity index (χ0n) is 14.0. The van der Waals surface area contributed by atoms with Crippen molar-refractivity contribution >= 4 is 17.0 Å². The predicted molar refractivity (Wildman–Crippen MR) is 84.0 cm³/mol. The van der Waals surface area contributed by atoms with Gasteiger partial charge in [0.2, 0.25) is 0 Å². The fourth-order valence-corrected chi connectivity index (χ4v) is 2.28. The van der Waals surface area contributed by atoms with Gasteiger partial charge in [0.15, 0.2) is 17.4 Å². The first-order valence-corrected chi connectivity index (χ1v) is 7.52. The van der Waals surface area contributed by atoms with Crippen LogP contribution in [0.4, 0.5) is 13.6 Å². The van der Waals surface area contributed by atoms with Crippen molar-refractivity contribution in [2.75, 3.05) is 6.61 Å². The Bertz CT molecular complexity index is 745. The molecule has 0 atom stereocenters. The molecule has 0 aliphatic heterocycles. The molecular formula is C17H21F2NO3. The summed E-state index contributed by atoms with van der Waals surface area (Å²) in [7, 11) is 0. The highest BCUT2D eigenvalue weighted by Crippen LogP contribution is 2.34. The van der Waals surface area contributed by atoms with Gasteiger partial charge in [-0.3, -0.25) is 0 Å². The fourth-order valence-electron chi connectivity index (χ4n) is 2.28. The summed E-state index contributed by atoms with van der Waals surface area (Å²) < 4.78 is 40.5. The molecule has 0 N–H and O–H groups in total. The van der Waals surface area contributed by atoms with Gasteiger partial charge in [0, 0.05) is 17.1 Å². The second kappa shape index (κ2) is 6.18. The third-order valence-corrected chi connectivity index (χ3v) is 3.16. The highest BCUT2D eigenvalue weighted by molar-refractivity contribution is 5.92. The molecule has 6 heteroatoms. The third-order valence-electron chi connectivity index (χ3n) is 3.16. The Morgan fingerprint density at radius 3 is 2.48 bits per heavy atom. The molecule has 0 saturated heterocycles. The van der Waals surface area contributed by atoms with Crippen molar-refractivity contribution < 1.29 is 23.0 Å². The molecule has 2 aromatic rings. The van der Waals surface area contributed by atoms with Crippen LogP contribution in [0.5, 0.6) is 5.75 Å². The molecule has 1 heterocycles. The van der Waals surface area contributed by atoms with E-state index in [2.05, 4.69) is 0 Å². The minimum Gasteiger partial charge on any atom is -0.482 e. The lowest BCUT2D eigenvalue weighted by atomic mass is 10.1. The molecule has 23 heavy (non-hydrogen) atoms. The standard InChI is InChI=1S/C17H21F2NO3/c1-6-7-22-16(21)20-10(2)8-11-13(20)9-12(18)15(14(11)19)23-17(3,4)5/h8-9H,6-7H2,1-5H3. The van der Waals surface area contributed by atoms with E-state index >= 15 is 0 Å². The molecule has 0 spiro atoms. The molecule has 0 saturated carbocycles. The van der Waals surface area contributed by atoms with Crippen molar-refractivity contribution in [2.24, 2.45) is 0 Å². The van der Waals surface area contributed by atoms with Gasteiger partial charge in [-0.05, 0) is 40.2 Å². The van der Waals surface area contributed by atoms with Crippen molar-refractivity contribution in [1.82, 2.24) is 4.57 Å². The van der Waals surface area contributed by atoms with E-state index in [0.29, 0.717) is 12.1 Å². The van der Waals surface area contributed by atoms with Gasteiger partial charge in [-0.15, -0.1) is 0 Å². The van der Waals surface area contributed by atoms with Crippen LogP contribution < -0.4 is 4.74 Å². The van der Waals surface area contributed by atoms with Crippen molar-refractivity contribution in [3.05, 3.63) is 29.5 Å². The van der Waals surface area contributed by atoms with Gasteiger partial charge in [-0.2, -0.15) is 0 Å². The van der Waals surface area contributed by atoms with Crippen LogP contribution in [0.25, 0.3) is 10.9 Å². The van der Waals surface area contributed by atoms with Crippen molar-refractivity contribution in [1.29, 1.82) is 0 Å². The SMILES string of the molecule is CCCOC(=O)n1c(C)cc2c(F)c(OC(C)(C)C)c(F)cc21. The maximum Gasteiger partial charge on any atom is 0.418 e. The molecule has 0 amide bonds. The molecule has 0 radical (unpaired) electrons. The number of nitrogens with zero attached hydrogens (tertiary/aromatic N) is 1. The average Bonchev–Trinajstić information content (AvgIpc) is 2.76. The molecule has 1 aromatic carbocycles. The molecule has 126 valence electrons. The third kappa shape index (κ3) is 3.46. The Kier molecular flexibility index (Phi) is 4.63. The lowest BCUT2D eigenvalue weighted by Gasteiger charge is -2.22. The Morgan fingerprint density at radius 2 is 1.91 bits per heavy atom. The van der Waals surface area contributed by atoms with E-state index in [1.807, 2.05) is 6.92 Å². The van der Waals surface area contributed by atoms with E-state index in [9.17, 15) is 13.6 Å². The van der Waals surface area contributed by atoms with Crippen LogP contribution in [0.1, 0.15) is 39.8 Å². The highest BCUT2D eigenvalue weighted by atomic mass is 19.1. The largest absolute Gasteiger partial charge is 0.482 e. The molecule has 0 fully saturated rings. The van der Waals surface area contributed by atoms with Crippen LogP contribution in [-0.4, -0.2) is 22.9 Å². The van der Waals surface area contributed by atoms with Crippen molar-refractivity contribution in [3.8, 4) is 5.75 Å². The van der Waals surface area contributed by atoms with Crippen LogP contribution in [-0.2, 0) is 4.74 Å². The topological polar surface area (TPSA) is 40.5 Å². The zero-order chi connectivity index (χ0) is 17.4. The normalized spacial score (nSPS) is 11.8. The molecular weight excluding hydrogens is 304 g/mol. The van der Waals surface area contributed by atoms with Crippen LogP contribution >= 0.6 is 0 Å². The van der Waals surface area contributed by atoms with Gasteiger partial charge in [-0.25, -0.2) is 18.1 Å². The number of fused-ring (bicyclic) bond motifs is 1. The second-order valence-corrected chi connectivity index (χ2v) is 6.38. The van der Waals surface area contributed by atoms with E-state index in [-0.39, 0.29) is 17.5 Å². The summed E-state index contributed by atoms with van der Waals surface area (Å²) >= 11 is 0. The van der Waals surface area contributed by atoms with Gasteiger partial charge < -0.3 is 9.47 Å². The minimum atomic E-state index is -0.854. The number of rotatable bonds is 3. The fraction of sp³-hybridized carbons (Fsp3) is 0.471. The summed E-state index contributed by atoms with van der Waals surface area (Å²) in [5.41, 5.74) is -0.153. The number of halogens is 2. The summed E-state index contributed by atoms with van der Waals surface area (Å²) in [6.45, 7) is 8.85. The van der Waals surface area contributed by atoms with Gasteiger partial charge in [-0.1, -0.05) is 6.92 Å². The van der Waals surface area contributed by atoms with Crippen molar-refractivity contribution in [3.63, 3.8) is 0 Å². The number of ether oxygens (including phenoxy) is 2. The minimum absolute atomic E-state index is 0.122. The number of aromatic nitrogens is 1. The van der Waals surface area contributed by atoms with Crippen LogP contribution in [0.3, 0.4) is 0 Å². The number of hydrogen-bond acceptors (Lipinski definition) is 3. The Balaban J connectivity index is 2.59. The number of carbonyl (C=O) groups excluding carboxylic acids is 1. The smallest absolute Gasteiger partial charge is 0.418 e. The maximum atomic E-state index is 14.6. The van der Waals surface area contributed by atoms with E-state index in [1.54, 1.807) is 27.7 Å². The summed E-state index contributed by atoms with van der Waals surface area (Å²) in [5, 5.41) is 0.122. The average molecular weight is 325 g/mol. The molecule has 2 rings (SSSR count). The molecule has 0 unspecified atom stereocenters. The Labute approximate surface area is 134 Å². The first-order valence-electron chi connectivity index (χ1n) is 7.52. The molecule has 0 bridgehead atoms. The highest BCUT2D eigenvalue weighted by Gasteiger charge is 2.25. The summed E-state index contributed by atoms with van der Waals surface area (Å²) in [6, 6.07) is 2.58. The van der Waals surface area contributed by atoms with E-state index in [1.165, 1.54) is 6.07 Å². The van der Waals surface area contributed by atoms with Crippen molar-refractivity contribution in [2.45, 2.75) is 46.6 Å². The van der Waals surface area contributed by atoms with Gasteiger partial charge in [0.1, 0.15) is 5.60 Å². The number of hydrogen-bond donors (Lipinski definition) is 0. The Hall–Kier alpha value is -2.11. The van der Waals surface area contributed by atoms with Crippen LogP contribution in [0, 0.1) is 18.6 Å². The molecule has 0 aliphatic carbocycles. The quantitative estimate of drug-likeness (QED) is 0.814. The number of aryl methyl sites for hydroxylation is 1. The van der Waals surface area contributed by atoms with E-state index in [0.717, 1.165) is 10.6 Å². The summed E-state index contributed by atoms with van der Waals surface area (Å²) in [4.78, 5) is 12.1. The number of benzene rings is 1. The van der Waals surface area contributed by atoms with E-state index < -0.39 is 29.1 Å². The molecule has 4 nitrogen and oxygen atoms in total. The first kappa shape index (κ1) is 17.2. The lowest BCUT2D eigenvalue weighted by Crippen LogP contribution is -2.24. The lowest BCUT2D eigenvalue weighted by molar-refractivity contribution is 0.118. The predicted octanol–water partition coefficient (Wildman–Crippen LogP) is 4.80. The van der Waals surface area contributed by atoms with Gasteiger partial charge in [0.25, 0.3) is 0 Å². The first-order chi connectivity index (χ1) is 10.7. The van der Waals surface area contributed by atoms with Gasteiger partial charge >= 0.3 is 6.09 Å². The van der Waals surface area contributed by atoms with Crippen LogP contribution in [0.15, 0.2) is 12.1 Å². The summed E-state index contributed by atoms with van der Waals surface area (Å²) in [5.74, 6) is -2.11. The monoisotopic (exact) mass is 325 g/mol. The molecule has 1 aromatic heterocycles. The van der Waals surface area contributed by atoms with Gasteiger partial charge in [0.05, 0.1) is 12.1 Å². The Morgan fingerprint density at radius 1 is 1.26 bits per heavy atom. The van der Waals surface area contributed by atoms with Crippen LogP contribution in [0.2, 0.25) is 0 Å². The molecule has 0 aliphatic rings.